The molecule has 0 amide bonds. The molecule has 0 aliphatic heterocycles. The molecule has 4 rings (SSSR count). The third-order valence-electron chi connectivity index (χ3n) is 5.66. The van der Waals surface area contributed by atoms with E-state index in [9.17, 15) is 0 Å². The Balaban J connectivity index is 1.61. The highest BCUT2D eigenvalue weighted by Crippen LogP contribution is 2.28. The highest BCUT2D eigenvalue weighted by Gasteiger charge is 2.10. The number of anilines is 1. The smallest absolute Gasteiger partial charge is 0.150 e. The molecule has 2 heterocycles. The first-order valence-corrected chi connectivity index (χ1v) is 10.8. The lowest BCUT2D eigenvalue weighted by Gasteiger charge is -2.11. The van der Waals surface area contributed by atoms with Crippen molar-refractivity contribution in [2.75, 3.05) is 12.3 Å². The van der Waals surface area contributed by atoms with Crippen molar-refractivity contribution in [3.8, 4) is 5.75 Å². The zero-order chi connectivity index (χ0) is 21.1. The van der Waals surface area contributed by atoms with Gasteiger partial charge in [-0.2, -0.15) is 0 Å². The topological polar surface area (TPSA) is 61.0 Å². The SMILES string of the molecule is CCCOc1ccc(CCc2cnc3c(N)nc4cc(CC)ccc4c3c2)c(C)c1. The summed E-state index contributed by atoms with van der Waals surface area (Å²) in [6, 6.07) is 15.0. The summed E-state index contributed by atoms with van der Waals surface area (Å²) in [7, 11) is 0. The largest absolute Gasteiger partial charge is 0.494 e. The Hall–Kier alpha value is -3.14. The molecule has 0 aliphatic carbocycles. The Labute approximate surface area is 178 Å². The molecule has 0 spiro atoms. The maximum absolute atomic E-state index is 6.21. The highest BCUT2D eigenvalue weighted by atomic mass is 16.5. The molecule has 0 unspecified atom stereocenters. The van der Waals surface area contributed by atoms with Crippen LogP contribution < -0.4 is 10.5 Å². The van der Waals surface area contributed by atoms with Gasteiger partial charge in [0, 0.05) is 17.0 Å². The molecule has 0 radical (unpaired) electrons. The molecule has 0 saturated carbocycles. The quantitative estimate of drug-likeness (QED) is 0.398. The molecule has 30 heavy (non-hydrogen) atoms. The minimum atomic E-state index is 0.496. The molecule has 0 aliphatic rings. The lowest BCUT2D eigenvalue weighted by atomic mass is 9.99. The summed E-state index contributed by atoms with van der Waals surface area (Å²) in [4.78, 5) is 9.23. The van der Waals surface area contributed by atoms with E-state index in [4.69, 9.17) is 10.5 Å². The molecular formula is C26H29N3O. The van der Waals surface area contributed by atoms with Gasteiger partial charge >= 0.3 is 0 Å². The van der Waals surface area contributed by atoms with Crippen molar-refractivity contribution in [3.05, 3.63) is 70.9 Å². The van der Waals surface area contributed by atoms with Crippen LogP contribution in [0.3, 0.4) is 0 Å². The van der Waals surface area contributed by atoms with Crippen molar-refractivity contribution in [2.45, 2.75) is 46.5 Å². The van der Waals surface area contributed by atoms with Gasteiger partial charge in [0.1, 0.15) is 11.3 Å². The molecule has 0 bridgehead atoms. The van der Waals surface area contributed by atoms with E-state index >= 15 is 0 Å². The van der Waals surface area contributed by atoms with Gasteiger partial charge in [-0.1, -0.05) is 32.0 Å². The number of nitrogens with zero attached hydrogens (tertiary/aromatic N) is 2. The summed E-state index contributed by atoms with van der Waals surface area (Å²) in [6.07, 6.45) is 5.82. The number of pyridine rings is 2. The fourth-order valence-corrected chi connectivity index (χ4v) is 3.89. The first-order valence-electron chi connectivity index (χ1n) is 10.8. The van der Waals surface area contributed by atoms with E-state index in [0.717, 1.165) is 59.8 Å². The van der Waals surface area contributed by atoms with Crippen molar-refractivity contribution in [1.82, 2.24) is 9.97 Å². The number of rotatable bonds is 7. The lowest BCUT2D eigenvalue weighted by Crippen LogP contribution is -2.00. The molecule has 4 aromatic rings. The minimum Gasteiger partial charge on any atom is -0.494 e. The van der Waals surface area contributed by atoms with Crippen LogP contribution in [0.15, 0.2) is 48.7 Å². The zero-order valence-electron chi connectivity index (χ0n) is 18.0. The third-order valence-corrected chi connectivity index (χ3v) is 5.66. The van der Waals surface area contributed by atoms with Gasteiger partial charge < -0.3 is 10.5 Å². The van der Waals surface area contributed by atoms with Crippen LogP contribution in [-0.4, -0.2) is 16.6 Å². The van der Waals surface area contributed by atoms with Crippen LogP contribution in [0.4, 0.5) is 5.82 Å². The summed E-state index contributed by atoms with van der Waals surface area (Å²) in [6.45, 7) is 7.18. The van der Waals surface area contributed by atoms with Gasteiger partial charge in [-0.15, -0.1) is 0 Å². The molecular weight excluding hydrogens is 370 g/mol. The second-order valence-corrected chi connectivity index (χ2v) is 7.88. The Morgan fingerprint density at radius 1 is 0.933 bits per heavy atom. The van der Waals surface area contributed by atoms with E-state index in [2.05, 4.69) is 73.2 Å². The van der Waals surface area contributed by atoms with Crippen LogP contribution >= 0.6 is 0 Å². The molecule has 0 saturated heterocycles. The number of hydrogen-bond donors (Lipinski definition) is 1. The third kappa shape index (κ3) is 4.09. The summed E-state index contributed by atoms with van der Waals surface area (Å²) in [5.41, 5.74) is 13.0. The van der Waals surface area contributed by atoms with E-state index in [1.807, 2.05) is 6.20 Å². The van der Waals surface area contributed by atoms with Crippen LogP contribution in [-0.2, 0) is 19.3 Å². The number of ether oxygens (including phenoxy) is 1. The average molecular weight is 400 g/mol. The molecule has 4 nitrogen and oxygen atoms in total. The number of aromatic nitrogens is 2. The van der Waals surface area contributed by atoms with Crippen molar-refractivity contribution in [1.29, 1.82) is 0 Å². The summed E-state index contributed by atoms with van der Waals surface area (Å²) in [5, 5.41) is 2.19. The second kappa shape index (κ2) is 8.70. The van der Waals surface area contributed by atoms with Crippen LogP contribution in [0.2, 0.25) is 0 Å². The van der Waals surface area contributed by atoms with E-state index in [1.54, 1.807) is 0 Å². The Kier molecular flexibility index (Phi) is 5.84. The van der Waals surface area contributed by atoms with Crippen molar-refractivity contribution < 1.29 is 4.74 Å². The van der Waals surface area contributed by atoms with Gasteiger partial charge in [-0.25, -0.2) is 4.98 Å². The van der Waals surface area contributed by atoms with Crippen LogP contribution in [0.1, 0.15) is 42.5 Å². The maximum atomic E-state index is 6.21. The van der Waals surface area contributed by atoms with Gasteiger partial charge in [0.25, 0.3) is 0 Å². The number of nitrogens with two attached hydrogens (primary N) is 1. The standard InChI is InChI=1S/C26H29N3O/c1-4-12-30-21-10-9-20(17(3)13-21)8-6-19-14-23-22-11-7-18(5-2)15-24(22)29-26(27)25(23)28-16-19/h7,9-11,13-16H,4-6,8,12H2,1-3H3,(H2,27,29). The number of fused-ring (bicyclic) bond motifs is 3. The predicted molar refractivity (Wildman–Crippen MR) is 125 cm³/mol. The van der Waals surface area contributed by atoms with Crippen LogP contribution in [0.5, 0.6) is 5.75 Å². The molecule has 0 fully saturated rings. The number of aryl methyl sites for hydroxylation is 4. The summed E-state index contributed by atoms with van der Waals surface area (Å²) < 4.78 is 5.74. The van der Waals surface area contributed by atoms with Gasteiger partial charge in [-0.05, 0) is 79.1 Å². The molecule has 0 atom stereocenters. The van der Waals surface area contributed by atoms with E-state index in [-0.39, 0.29) is 0 Å². The number of hydrogen-bond acceptors (Lipinski definition) is 4. The Morgan fingerprint density at radius 2 is 1.80 bits per heavy atom. The maximum Gasteiger partial charge on any atom is 0.150 e. The van der Waals surface area contributed by atoms with E-state index < -0.39 is 0 Å². The van der Waals surface area contributed by atoms with Gasteiger partial charge in [0.05, 0.1) is 12.1 Å². The summed E-state index contributed by atoms with van der Waals surface area (Å²) in [5.74, 6) is 1.45. The number of benzene rings is 2. The molecule has 2 aromatic heterocycles. The minimum absolute atomic E-state index is 0.496. The Morgan fingerprint density at radius 3 is 2.57 bits per heavy atom. The lowest BCUT2D eigenvalue weighted by molar-refractivity contribution is 0.317. The van der Waals surface area contributed by atoms with Crippen LogP contribution in [0, 0.1) is 6.92 Å². The van der Waals surface area contributed by atoms with E-state index in [0.29, 0.717) is 5.82 Å². The van der Waals surface area contributed by atoms with E-state index in [1.165, 1.54) is 22.3 Å². The predicted octanol–water partition coefficient (Wildman–Crippen LogP) is 5.81. The normalized spacial score (nSPS) is 11.3. The van der Waals surface area contributed by atoms with Crippen molar-refractivity contribution in [2.24, 2.45) is 0 Å². The first kappa shape index (κ1) is 20.1. The molecule has 2 aromatic carbocycles. The van der Waals surface area contributed by atoms with Gasteiger partial charge in [-0.3, -0.25) is 4.98 Å². The summed E-state index contributed by atoms with van der Waals surface area (Å²) >= 11 is 0. The average Bonchev–Trinajstić information content (AvgIpc) is 2.76. The van der Waals surface area contributed by atoms with Crippen molar-refractivity contribution in [3.63, 3.8) is 0 Å². The fourth-order valence-electron chi connectivity index (χ4n) is 3.89. The fraction of sp³-hybridized carbons (Fsp3) is 0.308. The zero-order valence-corrected chi connectivity index (χ0v) is 18.0. The molecule has 2 N–H and O–H groups in total. The molecule has 4 heteroatoms. The second-order valence-electron chi connectivity index (χ2n) is 7.88. The highest BCUT2D eigenvalue weighted by molar-refractivity contribution is 6.08. The Bertz CT molecular complexity index is 1200. The monoisotopic (exact) mass is 399 g/mol. The van der Waals surface area contributed by atoms with Crippen LogP contribution in [0.25, 0.3) is 21.8 Å². The van der Waals surface area contributed by atoms with Crippen molar-refractivity contribution >= 4 is 27.6 Å². The van der Waals surface area contributed by atoms with Gasteiger partial charge in [0.15, 0.2) is 5.82 Å². The first-order chi connectivity index (χ1) is 14.6. The number of nitrogen functional groups attached to an aromatic ring is 1. The van der Waals surface area contributed by atoms with Gasteiger partial charge in [0.2, 0.25) is 0 Å². The molecule has 154 valence electrons.